The van der Waals surface area contributed by atoms with Gasteiger partial charge in [0.05, 0.1) is 11.7 Å². The van der Waals surface area contributed by atoms with Crippen LogP contribution in [0.25, 0.3) is 0 Å². The molecule has 3 aliphatic carbocycles. The molecule has 3 aliphatic rings. The highest BCUT2D eigenvalue weighted by Gasteiger charge is 2.50. The molecular weight excluding hydrogens is 260 g/mol. The predicted molar refractivity (Wildman–Crippen MR) is 75.8 cm³/mol. The molecule has 3 rings (SSSR count). The lowest BCUT2D eigenvalue weighted by molar-refractivity contribution is -0.198. The number of aliphatic hydroxyl groups excluding tert-OH is 1. The number of hydrogen-bond donors (Lipinski definition) is 1. The van der Waals surface area contributed by atoms with Gasteiger partial charge >= 0.3 is 0 Å². The highest BCUT2D eigenvalue weighted by molar-refractivity contribution is 6.76. The predicted octanol–water partition coefficient (Wildman–Crippen LogP) is 2.19. The molecule has 1 N–H and O–H groups in total. The number of rotatable bonds is 6. The molecule has 0 aromatic rings. The molecule has 0 radical (unpaired) electrons. The van der Waals surface area contributed by atoms with Gasteiger partial charge in [0.1, 0.15) is 12.6 Å². The monoisotopic (exact) mass is 286 g/mol. The van der Waals surface area contributed by atoms with Crippen LogP contribution in [0.5, 0.6) is 0 Å². The fourth-order valence-electron chi connectivity index (χ4n) is 3.01. The van der Waals surface area contributed by atoms with Gasteiger partial charge in [0.2, 0.25) is 0 Å². The average Bonchev–Trinajstić information content (AvgIpc) is 2.26. The summed E-state index contributed by atoms with van der Waals surface area (Å²) >= 11 is 0. The van der Waals surface area contributed by atoms with Gasteiger partial charge in [0.25, 0.3) is 0 Å². The van der Waals surface area contributed by atoms with Gasteiger partial charge in [-0.25, -0.2) is 0 Å². The van der Waals surface area contributed by atoms with Crippen LogP contribution in [0, 0.1) is 5.92 Å². The van der Waals surface area contributed by atoms with Crippen LogP contribution in [-0.4, -0.2) is 44.1 Å². The van der Waals surface area contributed by atoms with Crippen LogP contribution in [0.3, 0.4) is 0 Å². The molecule has 0 unspecified atom stereocenters. The molecule has 110 valence electrons. The van der Waals surface area contributed by atoms with E-state index < -0.39 is 19.8 Å². The molecule has 0 aromatic heterocycles. The Morgan fingerprint density at radius 1 is 1.42 bits per heavy atom. The van der Waals surface area contributed by atoms with Crippen LogP contribution < -0.4 is 0 Å². The smallest absolute Gasteiger partial charge is 0.147 e. The number of ether oxygens (including phenoxy) is 2. The Morgan fingerprint density at radius 3 is 2.74 bits per heavy atom. The lowest BCUT2D eigenvalue weighted by atomic mass is 9.65. The average molecular weight is 286 g/mol. The van der Waals surface area contributed by atoms with Crippen LogP contribution in [0.15, 0.2) is 0 Å². The molecule has 0 aliphatic heterocycles. The van der Waals surface area contributed by atoms with Crippen molar-refractivity contribution in [3.63, 3.8) is 0 Å². The summed E-state index contributed by atoms with van der Waals surface area (Å²) in [6, 6.07) is 1.12. The van der Waals surface area contributed by atoms with Crippen LogP contribution in [0.4, 0.5) is 0 Å². The van der Waals surface area contributed by atoms with Crippen LogP contribution >= 0.6 is 0 Å². The second-order valence-corrected chi connectivity index (χ2v) is 12.8. The zero-order valence-electron chi connectivity index (χ0n) is 12.3. The van der Waals surface area contributed by atoms with Gasteiger partial charge in [-0.3, -0.25) is 4.79 Å². The van der Waals surface area contributed by atoms with Crippen LogP contribution in [0.2, 0.25) is 25.7 Å². The molecule has 3 atom stereocenters. The Kier molecular flexibility index (Phi) is 4.50. The van der Waals surface area contributed by atoms with Crippen molar-refractivity contribution in [1.82, 2.24) is 0 Å². The summed E-state index contributed by atoms with van der Waals surface area (Å²) in [6.07, 6.45) is 2.15. The van der Waals surface area contributed by atoms with Crippen molar-refractivity contribution in [2.45, 2.75) is 63.1 Å². The van der Waals surface area contributed by atoms with E-state index >= 15 is 0 Å². The first kappa shape index (κ1) is 15.2. The highest BCUT2D eigenvalue weighted by Crippen LogP contribution is 2.44. The Bertz CT molecular complexity index is 339. The molecule has 4 nitrogen and oxygen atoms in total. The first-order chi connectivity index (χ1) is 8.81. The molecule has 5 heteroatoms. The summed E-state index contributed by atoms with van der Waals surface area (Å²) in [5.74, 6) is 0.0189. The Morgan fingerprint density at radius 2 is 2.16 bits per heavy atom. The maximum Gasteiger partial charge on any atom is 0.147 e. The van der Waals surface area contributed by atoms with Gasteiger partial charge < -0.3 is 14.6 Å². The molecule has 0 amide bonds. The Hall–Kier alpha value is -0.233. The van der Waals surface area contributed by atoms with Gasteiger partial charge in [-0.1, -0.05) is 19.6 Å². The molecule has 0 spiro atoms. The summed E-state index contributed by atoms with van der Waals surface area (Å²) in [5.41, 5.74) is -0.454. The lowest BCUT2D eigenvalue weighted by Gasteiger charge is -2.47. The van der Waals surface area contributed by atoms with Gasteiger partial charge in [0.15, 0.2) is 0 Å². The van der Waals surface area contributed by atoms with Crippen molar-refractivity contribution < 1.29 is 19.4 Å². The van der Waals surface area contributed by atoms with E-state index in [-0.39, 0.29) is 18.5 Å². The van der Waals surface area contributed by atoms with Gasteiger partial charge in [0, 0.05) is 33.4 Å². The standard InChI is InChI=1S/C14H26O4Si/c1-19(2,3)7-6-17-10-18-14-5-4-11(12(15)8-14)13(16)9-14/h11-12,15H,4-10H2,1-3H3/t11-,12+,14-/m1/s1. The fourth-order valence-corrected chi connectivity index (χ4v) is 3.76. The topological polar surface area (TPSA) is 55.8 Å². The molecule has 0 heterocycles. The molecular formula is C14H26O4Si. The number of ketones is 1. The van der Waals surface area contributed by atoms with E-state index in [0.717, 1.165) is 25.5 Å². The SMILES string of the molecule is C[Si](C)(C)CCOCO[C@@]12CC[C@@H](C(=O)C1)[C@@H](O)C2. The van der Waals surface area contributed by atoms with E-state index in [9.17, 15) is 9.90 Å². The normalized spacial score (nSPS) is 34.8. The summed E-state index contributed by atoms with van der Waals surface area (Å²) in [4.78, 5) is 11.8. The van der Waals surface area contributed by atoms with E-state index in [1.165, 1.54) is 0 Å². The van der Waals surface area contributed by atoms with Crippen LogP contribution in [-0.2, 0) is 14.3 Å². The van der Waals surface area contributed by atoms with E-state index in [1.54, 1.807) is 0 Å². The van der Waals surface area contributed by atoms with Crippen molar-refractivity contribution in [3.05, 3.63) is 0 Å². The van der Waals surface area contributed by atoms with E-state index in [4.69, 9.17) is 9.47 Å². The second kappa shape index (κ2) is 5.64. The number of fused-ring (bicyclic) bond motifs is 3. The van der Waals surface area contributed by atoms with Gasteiger partial charge in [-0.05, 0) is 18.9 Å². The van der Waals surface area contributed by atoms with Crippen molar-refractivity contribution in [1.29, 1.82) is 0 Å². The number of Topliss-reactive ketones (excluding diaryl/α,β-unsaturated/α-hetero) is 1. The quantitative estimate of drug-likeness (QED) is 0.462. The molecule has 3 fully saturated rings. The fraction of sp³-hybridized carbons (Fsp3) is 0.929. The Balaban J connectivity index is 1.74. The van der Waals surface area contributed by atoms with Crippen molar-refractivity contribution in [2.75, 3.05) is 13.4 Å². The van der Waals surface area contributed by atoms with Gasteiger partial charge in [-0.2, -0.15) is 0 Å². The maximum absolute atomic E-state index is 11.8. The summed E-state index contributed by atoms with van der Waals surface area (Å²) in [5, 5.41) is 9.91. The number of carbonyl (C=O) groups excluding carboxylic acids is 1. The minimum atomic E-state index is -1.06. The molecule has 3 saturated carbocycles. The summed E-state index contributed by atoms with van der Waals surface area (Å²) < 4.78 is 11.4. The highest BCUT2D eigenvalue weighted by atomic mass is 28.3. The summed E-state index contributed by atoms with van der Waals surface area (Å²) in [6.45, 7) is 7.91. The second-order valence-electron chi connectivity index (χ2n) is 7.22. The van der Waals surface area contributed by atoms with Gasteiger partial charge in [-0.15, -0.1) is 0 Å². The first-order valence-corrected chi connectivity index (χ1v) is 10.9. The van der Waals surface area contributed by atoms with E-state index in [2.05, 4.69) is 19.6 Å². The van der Waals surface area contributed by atoms with Crippen molar-refractivity contribution >= 4 is 13.9 Å². The van der Waals surface area contributed by atoms with Crippen molar-refractivity contribution in [2.24, 2.45) is 5.92 Å². The Labute approximate surface area is 116 Å². The van der Waals surface area contributed by atoms with E-state index in [1.807, 2.05) is 0 Å². The number of hydrogen-bond acceptors (Lipinski definition) is 4. The third kappa shape index (κ3) is 3.87. The zero-order chi connectivity index (χ0) is 14.1. The zero-order valence-corrected chi connectivity index (χ0v) is 13.3. The van der Waals surface area contributed by atoms with E-state index in [0.29, 0.717) is 12.8 Å². The first-order valence-electron chi connectivity index (χ1n) is 7.24. The molecule has 19 heavy (non-hydrogen) atoms. The number of aliphatic hydroxyl groups is 1. The largest absolute Gasteiger partial charge is 0.392 e. The van der Waals surface area contributed by atoms with Crippen LogP contribution in [0.1, 0.15) is 25.7 Å². The van der Waals surface area contributed by atoms with Crippen molar-refractivity contribution in [3.8, 4) is 0 Å². The lowest BCUT2D eigenvalue weighted by Crippen LogP contribution is -2.54. The minimum Gasteiger partial charge on any atom is -0.392 e. The molecule has 2 bridgehead atoms. The maximum atomic E-state index is 11.8. The molecule has 0 aromatic carbocycles. The minimum absolute atomic E-state index is 0.140. The third-order valence-corrected chi connectivity index (χ3v) is 6.02. The molecule has 0 saturated heterocycles. The summed E-state index contributed by atoms with van der Waals surface area (Å²) in [7, 11) is -1.06. The number of carbonyl (C=O) groups is 1. The third-order valence-electron chi connectivity index (χ3n) is 4.31.